The van der Waals surface area contributed by atoms with Crippen LogP contribution in [0.2, 0.25) is 0 Å². The van der Waals surface area contributed by atoms with Gasteiger partial charge in [-0.2, -0.15) is 0 Å². The van der Waals surface area contributed by atoms with Gasteiger partial charge in [-0.15, -0.1) is 0 Å². The highest BCUT2D eigenvalue weighted by molar-refractivity contribution is 5.94. The van der Waals surface area contributed by atoms with Crippen LogP contribution < -0.4 is 4.74 Å². The molecular formula is C18H17NO6. The molecule has 0 aliphatic heterocycles. The Hall–Kier alpha value is -3.22. The summed E-state index contributed by atoms with van der Waals surface area (Å²) < 4.78 is 10.6. The van der Waals surface area contributed by atoms with Crippen molar-refractivity contribution in [3.8, 4) is 5.75 Å². The normalized spacial score (nSPS) is 11.4. The molecule has 0 radical (unpaired) electrons. The standard InChI is InChI=1S/C18H17NO6/c1-12(20)15-5-9-17(10-6-15)25-13(2)18(21)24-11-14-3-7-16(8-4-14)19(22)23/h3-10,13H,11H2,1-2H3. The maximum Gasteiger partial charge on any atom is 0.347 e. The summed E-state index contributed by atoms with van der Waals surface area (Å²) in [4.78, 5) is 33.3. The molecule has 2 aromatic rings. The molecule has 0 saturated carbocycles. The van der Waals surface area contributed by atoms with Crippen molar-refractivity contribution in [1.29, 1.82) is 0 Å². The van der Waals surface area contributed by atoms with Gasteiger partial charge in [0.1, 0.15) is 12.4 Å². The Morgan fingerprint density at radius 1 is 1.08 bits per heavy atom. The minimum Gasteiger partial charge on any atom is -0.479 e. The molecule has 0 spiro atoms. The highest BCUT2D eigenvalue weighted by atomic mass is 16.6. The molecular weight excluding hydrogens is 326 g/mol. The van der Waals surface area contributed by atoms with Crippen molar-refractivity contribution in [2.24, 2.45) is 0 Å². The molecule has 25 heavy (non-hydrogen) atoms. The molecule has 2 aromatic carbocycles. The Morgan fingerprint density at radius 2 is 1.68 bits per heavy atom. The van der Waals surface area contributed by atoms with Gasteiger partial charge in [0.2, 0.25) is 0 Å². The molecule has 1 unspecified atom stereocenters. The number of Topliss-reactive ketones (excluding diaryl/α,β-unsaturated/α-hetero) is 1. The smallest absolute Gasteiger partial charge is 0.347 e. The number of esters is 1. The van der Waals surface area contributed by atoms with Crippen LogP contribution in [0.15, 0.2) is 48.5 Å². The number of benzene rings is 2. The van der Waals surface area contributed by atoms with Crippen molar-refractivity contribution in [1.82, 2.24) is 0 Å². The third-order valence-electron chi connectivity index (χ3n) is 3.43. The second-order valence-electron chi connectivity index (χ2n) is 5.37. The average Bonchev–Trinajstić information content (AvgIpc) is 2.60. The van der Waals surface area contributed by atoms with E-state index in [0.717, 1.165) is 0 Å². The van der Waals surface area contributed by atoms with Crippen LogP contribution in [0.4, 0.5) is 5.69 Å². The monoisotopic (exact) mass is 343 g/mol. The van der Waals surface area contributed by atoms with E-state index in [1.54, 1.807) is 31.2 Å². The minimum absolute atomic E-state index is 0.00615. The second kappa shape index (κ2) is 8.05. The van der Waals surface area contributed by atoms with E-state index in [-0.39, 0.29) is 18.1 Å². The molecule has 0 aliphatic rings. The topological polar surface area (TPSA) is 95.7 Å². The van der Waals surface area contributed by atoms with Crippen LogP contribution in [0.3, 0.4) is 0 Å². The Labute approximate surface area is 144 Å². The first-order valence-electron chi connectivity index (χ1n) is 7.54. The Morgan fingerprint density at radius 3 is 2.20 bits per heavy atom. The first-order valence-corrected chi connectivity index (χ1v) is 7.54. The summed E-state index contributed by atoms with van der Waals surface area (Å²) in [5.41, 5.74) is 1.17. The van der Waals surface area contributed by atoms with Gasteiger partial charge in [0.15, 0.2) is 11.9 Å². The Bertz CT molecular complexity index is 767. The Kier molecular flexibility index (Phi) is 5.84. The van der Waals surface area contributed by atoms with Gasteiger partial charge in [0.05, 0.1) is 4.92 Å². The van der Waals surface area contributed by atoms with Crippen LogP contribution in [0.5, 0.6) is 5.75 Å². The van der Waals surface area contributed by atoms with Crippen molar-refractivity contribution in [3.63, 3.8) is 0 Å². The summed E-state index contributed by atoms with van der Waals surface area (Å²) in [7, 11) is 0. The van der Waals surface area contributed by atoms with Crippen LogP contribution in [0, 0.1) is 10.1 Å². The number of nitrogens with zero attached hydrogens (tertiary/aromatic N) is 1. The van der Waals surface area contributed by atoms with Gasteiger partial charge in [-0.25, -0.2) is 4.79 Å². The van der Waals surface area contributed by atoms with E-state index in [4.69, 9.17) is 9.47 Å². The molecule has 0 amide bonds. The highest BCUT2D eigenvalue weighted by Crippen LogP contribution is 2.16. The number of rotatable bonds is 7. The number of ether oxygens (including phenoxy) is 2. The van der Waals surface area contributed by atoms with Gasteiger partial charge < -0.3 is 9.47 Å². The molecule has 0 saturated heterocycles. The zero-order chi connectivity index (χ0) is 18.4. The summed E-state index contributed by atoms with van der Waals surface area (Å²) in [6.45, 7) is 3.01. The lowest BCUT2D eigenvalue weighted by molar-refractivity contribution is -0.384. The maximum atomic E-state index is 12.0. The summed E-state index contributed by atoms with van der Waals surface area (Å²) in [5, 5.41) is 10.6. The second-order valence-corrected chi connectivity index (χ2v) is 5.37. The number of non-ortho nitro benzene ring substituents is 1. The summed E-state index contributed by atoms with van der Waals surface area (Å²) in [6, 6.07) is 12.2. The van der Waals surface area contributed by atoms with E-state index in [0.29, 0.717) is 16.9 Å². The molecule has 0 bridgehead atoms. The SMILES string of the molecule is CC(=O)c1ccc(OC(C)C(=O)OCc2ccc([N+](=O)[O-])cc2)cc1. The number of nitro groups is 1. The number of carbonyl (C=O) groups excluding carboxylic acids is 2. The number of ketones is 1. The molecule has 0 aliphatic carbocycles. The van der Waals surface area contributed by atoms with Crippen LogP contribution in [-0.2, 0) is 16.1 Å². The quantitative estimate of drug-likeness (QED) is 0.331. The average molecular weight is 343 g/mol. The van der Waals surface area contributed by atoms with Crippen molar-refractivity contribution in [2.75, 3.05) is 0 Å². The van der Waals surface area contributed by atoms with Gasteiger partial charge in [-0.3, -0.25) is 14.9 Å². The van der Waals surface area contributed by atoms with Gasteiger partial charge >= 0.3 is 5.97 Å². The number of hydrogen-bond donors (Lipinski definition) is 0. The zero-order valence-corrected chi connectivity index (χ0v) is 13.8. The third-order valence-corrected chi connectivity index (χ3v) is 3.43. The fourth-order valence-electron chi connectivity index (χ4n) is 2.01. The molecule has 7 heteroatoms. The number of nitro benzene ring substituents is 1. The van der Waals surface area contributed by atoms with Crippen molar-refractivity contribution in [3.05, 3.63) is 69.8 Å². The fraction of sp³-hybridized carbons (Fsp3) is 0.222. The van der Waals surface area contributed by atoms with E-state index in [2.05, 4.69) is 0 Å². The van der Waals surface area contributed by atoms with E-state index < -0.39 is 17.0 Å². The molecule has 0 N–H and O–H groups in total. The van der Waals surface area contributed by atoms with Gasteiger partial charge in [0.25, 0.3) is 5.69 Å². The lowest BCUT2D eigenvalue weighted by Gasteiger charge is -2.14. The lowest BCUT2D eigenvalue weighted by Crippen LogP contribution is -2.26. The highest BCUT2D eigenvalue weighted by Gasteiger charge is 2.17. The van der Waals surface area contributed by atoms with Crippen LogP contribution in [0.25, 0.3) is 0 Å². The first-order chi connectivity index (χ1) is 11.9. The summed E-state index contributed by atoms with van der Waals surface area (Å²) >= 11 is 0. The molecule has 0 aromatic heterocycles. The maximum absolute atomic E-state index is 12.0. The van der Waals surface area contributed by atoms with Crippen molar-refractivity contribution < 1.29 is 24.0 Å². The van der Waals surface area contributed by atoms with E-state index in [9.17, 15) is 19.7 Å². The summed E-state index contributed by atoms with van der Waals surface area (Å²) in [5.74, 6) is -0.166. The van der Waals surface area contributed by atoms with Gasteiger partial charge in [-0.05, 0) is 55.8 Å². The van der Waals surface area contributed by atoms with E-state index >= 15 is 0 Å². The summed E-state index contributed by atoms with van der Waals surface area (Å²) in [6.07, 6.45) is -0.832. The minimum atomic E-state index is -0.832. The molecule has 130 valence electrons. The molecule has 7 nitrogen and oxygen atoms in total. The molecule has 1 atom stereocenters. The fourth-order valence-corrected chi connectivity index (χ4v) is 2.01. The largest absolute Gasteiger partial charge is 0.479 e. The van der Waals surface area contributed by atoms with E-state index in [1.165, 1.54) is 31.2 Å². The van der Waals surface area contributed by atoms with E-state index in [1.807, 2.05) is 0 Å². The predicted molar refractivity (Wildman–Crippen MR) is 89.4 cm³/mol. The first kappa shape index (κ1) is 18.1. The third kappa shape index (κ3) is 5.13. The lowest BCUT2D eigenvalue weighted by atomic mass is 10.1. The van der Waals surface area contributed by atoms with Gasteiger partial charge in [-0.1, -0.05) is 0 Å². The van der Waals surface area contributed by atoms with Crippen LogP contribution in [-0.4, -0.2) is 22.8 Å². The van der Waals surface area contributed by atoms with Crippen LogP contribution in [0.1, 0.15) is 29.8 Å². The van der Waals surface area contributed by atoms with Gasteiger partial charge in [0, 0.05) is 17.7 Å². The number of hydrogen-bond acceptors (Lipinski definition) is 6. The Balaban J connectivity index is 1.87. The molecule has 0 fully saturated rings. The molecule has 0 heterocycles. The predicted octanol–water partition coefficient (Wildman–Crippen LogP) is 3.31. The van der Waals surface area contributed by atoms with Crippen LogP contribution >= 0.6 is 0 Å². The number of carbonyl (C=O) groups is 2. The zero-order valence-electron chi connectivity index (χ0n) is 13.8. The van der Waals surface area contributed by atoms with Crippen molar-refractivity contribution in [2.45, 2.75) is 26.6 Å². The van der Waals surface area contributed by atoms with Crippen molar-refractivity contribution >= 4 is 17.4 Å². The molecule has 2 rings (SSSR count).